The van der Waals surface area contributed by atoms with E-state index in [9.17, 15) is 5.11 Å². The Kier molecular flexibility index (Phi) is 6.12. The molecule has 0 radical (unpaired) electrons. The van der Waals surface area contributed by atoms with Gasteiger partial charge in [-0.05, 0) is 6.92 Å². The van der Waals surface area contributed by atoms with Crippen LogP contribution < -0.4 is 5.32 Å². The van der Waals surface area contributed by atoms with Crippen LogP contribution in [0.3, 0.4) is 0 Å². The second kappa shape index (κ2) is 6.34. The van der Waals surface area contributed by atoms with E-state index in [2.05, 4.69) is 11.9 Å². The lowest BCUT2D eigenvalue weighted by Crippen LogP contribution is -2.29. The summed E-state index contributed by atoms with van der Waals surface area (Å²) in [6.45, 7) is 7.43. The predicted octanol–water partition coefficient (Wildman–Crippen LogP) is 0.159. The molecule has 66 valence electrons. The summed E-state index contributed by atoms with van der Waals surface area (Å²) in [6.07, 6.45) is -0.438. The number of aliphatic hydroxyl groups is 1. The highest BCUT2D eigenvalue weighted by Gasteiger charge is 2.01. The number of hydrogen-bond acceptors (Lipinski definition) is 3. The second-order valence-corrected chi connectivity index (χ2v) is 2.56. The summed E-state index contributed by atoms with van der Waals surface area (Å²) in [5, 5.41) is 12.3. The summed E-state index contributed by atoms with van der Waals surface area (Å²) in [5.74, 6) is 0. The highest BCUT2D eigenvalue weighted by molar-refractivity contribution is 4.97. The zero-order valence-electron chi connectivity index (χ0n) is 7.26. The van der Waals surface area contributed by atoms with Crippen LogP contribution >= 0.6 is 0 Å². The first-order chi connectivity index (χ1) is 5.18. The SMILES string of the molecule is C=C(C)C(O)CNCCOC. The van der Waals surface area contributed by atoms with E-state index in [1.54, 1.807) is 7.11 Å². The number of hydrogen-bond donors (Lipinski definition) is 2. The van der Waals surface area contributed by atoms with E-state index in [0.717, 1.165) is 12.1 Å². The Bertz CT molecular complexity index is 115. The van der Waals surface area contributed by atoms with Crippen molar-refractivity contribution in [3.05, 3.63) is 12.2 Å². The van der Waals surface area contributed by atoms with Gasteiger partial charge in [0.05, 0.1) is 12.7 Å². The van der Waals surface area contributed by atoms with Gasteiger partial charge in [0.25, 0.3) is 0 Å². The van der Waals surface area contributed by atoms with Gasteiger partial charge in [-0.2, -0.15) is 0 Å². The molecule has 3 nitrogen and oxygen atoms in total. The van der Waals surface area contributed by atoms with Crippen LogP contribution in [0.1, 0.15) is 6.92 Å². The van der Waals surface area contributed by atoms with Crippen molar-refractivity contribution in [1.82, 2.24) is 5.32 Å². The molecule has 0 aromatic heterocycles. The van der Waals surface area contributed by atoms with Gasteiger partial charge >= 0.3 is 0 Å². The molecule has 0 bridgehead atoms. The third-order valence-corrected chi connectivity index (χ3v) is 1.39. The fourth-order valence-corrected chi connectivity index (χ4v) is 0.587. The highest BCUT2D eigenvalue weighted by atomic mass is 16.5. The molecular weight excluding hydrogens is 142 g/mol. The molecule has 0 saturated carbocycles. The van der Waals surface area contributed by atoms with Crippen LogP contribution in [0, 0.1) is 0 Å². The van der Waals surface area contributed by atoms with Crippen LogP contribution in [0.4, 0.5) is 0 Å². The van der Waals surface area contributed by atoms with Crippen molar-refractivity contribution in [1.29, 1.82) is 0 Å². The van der Waals surface area contributed by atoms with Crippen molar-refractivity contribution in [2.75, 3.05) is 26.8 Å². The number of nitrogens with one attached hydrogen (secondary N) is 1. The minimum absolute atomic E-state index is 0.438. The summed E-state index contributed by atoms with van der Waals surface area (Å²) in [7, 11) is 1.65. The molecule has 1 unspecified atom stereocenters. The molecule has 0 aromatic rings. The van der Waals surface area contributed by atoms with Crippen molar-refractivity contribution < 1.29 is 9.84 Å². The first kappa shape index (κ1) is 10.6. The van der Waals surface area contributed by atoms with Crippen LogP contribution in [0.5, 0.6) is 0 Å². The molecule has 0 heterocycles. The summed E-state index contributed by atoms with van der Waals surface area (Å²) >= 11 is 0. The quantitative estimate of drug-likeness (QED) is 0.428. The molecule has 0 rings (SSSR count). The van der Waals surface area contributed by atoms with Crippen molar-refractivity contribution in [2.45, 2.75) is 13.0 Å². The normalized spacial score (nSPS) is 13.0. The van der Waals surface area contributed by atoms with E-state index in [-0.39, 0.29) is 0 Å². The van der Waals surface area contributed by atoms with E-state index in [1.165, 1.54) is 0 Å². The Hall–Kier alpha value is -0.380. The lowest BCUT2D eigenvalue weighted by Gasteiger charge is -2.10. The van der Waals surface area contributed by atoms with Crippen molar-refractivity contribution in [3.8, 4) is 0 Å². The molecule has 11 heavy (non-hydrogen) atoms. The molecule has 3 heteroatoms. The zero-order valence-corrected chi connectivity index (χ0v) is 7.26. The van der Waals surface area contributed by atoms with Gasteiger partial charge in [-0.15, -0.1) is 0 Å². The van der Waals surface area contributed by atoms with Crippen molar-refractivity contribution in [3.63, 3.8) is 0 Å². The summed E-state index contributed by atoms with van der Waals surface area (Å²) in [5.41, 5.74) is 0.787. The van der Waals surface area contributed by atoms with Gasteiger partial charge in [0, 0.05) is 20.2 Å². The summed E-state index contributed by atoms with van der Waals surface area (Å²) < 4.78 is 4.82. The van der Waals surface area contributed by atoms with Gasteiger partial charge in [0.15, 0.2) is 0 Å². The number of ether oxygens (including phenoxy) is 1. The van der Waals surface area contributed by atoms with Crippen LogP contribution in [-0.2, 0) is 4.74 Å². The van der Waals surface area contributed by atoms with E-state index in [4.69, 9.17) is 4.74 Å². The Morgan fingerprint density at radius 2 is 2.36 bits per heavy atom. The van der Waals surface area contributed by atoms with Gasteiger partial charge in [-0.3, -0.25) is 0 Å². The maximum atomic E-state index is 9.22. The highest BCUT2D eigenvalue weighted by Crippen LogP contribution is 1.94. The van der Waals surface area contributed by atoms with Gasteiger partial charge in [-0.1, -0.05) is 12.2 Å². The lowest BCUT2D eigenvalue weighted by atomic mass is 10.2. The molecule has 0 saturated heterocycles. The molecule has 0 aliphatic carbocycles. The van der Waals surface area contributed by atoms with Crippen LogP contribution in [0.2, 0.25) is 0 Å². The Labute approximate surface area is 68.1 Å². The Balaban J connectivity index is 3.17. The Morgan fingerprint density at radius 1 is 1.73 bits per heavy atom. The number of methoxy groups -OCH3 is 1. The van der Waals surface area contributed by atoms with Gasteiger partial charge < -0.3 is 15.2 Å². The Morgan fingerprint density at radius 3 is 2.82 bits per heavy atom. The second-order valence-electron chi connectivity index (χ2n) is 2.56. The molecule has 0 aromatic carbocycles. The standard InChI is InChI=1S/C8H17NO2/c1-7(2)8(10)6-9-4-5-11-3/h8-10H,1,4-6H2,2-3H3. The maximum absolute atomic E-state index is 9.22. The van der Waals surface area contributed by atoms with E-state index in [0.29, 0.717) is 13.2 Å². The number of aliphatic hydroxyl groups excluding tert-OH is 1. The first-order valence-corrected chi connectivity index (χ1v) is 3.71. The minimum atomic E-state index is -0.438. The molecule has 0 aliphatic rings. The third-order valence-electron chi connectivity index (χ3n) is 1.39. The smallest absolute Gasteiger partial charge is 0.0869 e. The van der Waals surface area contributed by atoms with Crippen LogP contribution in [-0.4, -0.2) is 38.0 Å². The molecule has 0 spiro atoms. The maximum Gasteiger partial charge on any atom is 0.0869 e. The largest absolute Gasteiger partial charge is 0.387 e. The van der Waals surface area contributed by atoms with Gasteiger partial charge in [0.1, 0.15) is 0 Å². The van der Waals surface area contributed by atoms with Crippen molar-refractivity contribution >= 4 is 0 Å². The van der Waals surface area contributed by atoms with Gasteiger partial charge in [-0.25, -0.2) is 0 Å². The van der Waals surface area contributed by atoms with Crippen LogP contribution in [0.15, 0.2) is 12.2 Å². The average Bonchev–Trinajstić information content (AvgIpc) is 1.97. The molecule has 0 amide bonds. The predicted molar refractivity (Wildman–Crippen MR) is 45.6 cm³/mol. The fraction of sp³-hybridized carbons (Fsp3) is 0.750. The lowest BCUT2D eigenvalue weighted by molar-refractivity contribution is 0.180. The third kappa shape index (κ3) is 6.04. The molecule has 2 N–H and O–H groups in total. The zero-order chi connectivity index (χ0) is 8.69. The summed E-state index contributed by atoms with van der Waals surface area (Å²) in [4.78, 5) is 0. The molecule has 0 aliphatic heterocycles. The molecular formula is C8H17NO2. The average molecular weight is 159 g/mol. The van der Waals surface area contributed by atoms with E-state index < -0.39 is 6.10 Å². The van der Waals surface area contributed by atoms with Crippen LogP contribution in [0.25, 0.3) is 0 Å². The molecule has 0 fully saturated rings. The van der Waals surface area contributed by atoms with E-state index >= 15 is 0 Å². The topological polar surface area (TPSA) is 41.5 Å². The van der Waals surface area contributed by atoms with Gasteiger partial charge in [0.2, 0.25) is 0 Å². The minimum Gasteiger partial charge on any atom is -0.387 e. The van der Waals surface area contributed by atoms with Crippen molar-refractivity contribution in [2.24, 2.45) is 0 Å². The number of rotatable bonds is 6. The van der Waals surface area contributed by atoms with E-state index in [1.807, 2.05) is 6.92 Å². The first-order valence-electron chi connectivity index (χ1n) is 3.71. The fourth-order valence-electron chi connectivity index (χ4n) is 0.587. The summed E-state index contributed by atoms with van der Waals surface area (Å²) in [6, 6.07) is 0. The monoisotopic (exact) mass is 159 g/mol. The molecule has 1 atom stereocenters.